The molecule has 0 bridgehead atoms. The van der Waals surface area contributed by atoms with Gasteiger partial charge in [-0.1, -0.05) is 6.42 Å². The van der Waals surface area contributed by atoms with Crippen LogP contribution in [0.4, 0.5) is 0 Å². The second kappa shape index (κ2) is 6.42. The summed E-state index contributed by atoms with van der Waals surface area (Å²) < 4.78 is 0. The Hall–Kier alpha value is -2.11. The van der Waals surface area contributed by atoms with Crippen molar-refractivity contribution in [1.82, 2.24) is 9.88 Å². The Labute approximate surface area is 140 Å². The third kappa shape index (κ3) is 3.09. The summed E-state index contributed by atoms with van der Waals surface area (Å²) in [6.45, 7) is 2.31. The molecule has 0 radical (unpaired) electrons. The molecule has 1 aromatic heterocycles. The first-order valence-corrected chi connectivity index (χ1v) is 8.68. The predicted octanol–water partition coefficient (Wildman–Crippen LogP) is 1.97. The van der Waals surface area contributed by atoms with E-state index in [-0.39, 0.29) is 23.6 Å². The number of fused-ring (bicyclic) bond motifs is 1. The number of H-pyrrole nitrogens is 1. The number of hydrogen-bond acceptors (Lipinski definition) is 3. The summed E-state index contributed by atoms with van der Waals surface area (Å²) in [5.41, 5.74) is 0.844. The fourth-order valence-electron chi connectivity index (χ4n) is 3.77. The van der Waals surface area contributed by atoms with Gasteiger partial charge in [0.15, 0.2) is 0 Å². The molecule has 1 aliphatic carbocycles. The number of carboxylic acids is 1. The predicted molar refractivity (Wildman–Crippen MR) is 89.2 cm³/mol. The van der Waals surface area contributed by atoms with Crippen LogP contribution in [0.3, 0.4) is 0 Å². The van der Waals surface area contributed by atoms with E-state index in [2.05, 4.69) is 4.98 Å². The van der Waals surface area contributed by atoms with Gasteiger partial charge in [-0.15, -0.1) is 0 Å². The molecule has 2 heterocycles. The van der Waals surface area contributed by atoms with E-state index in [4.69, 9.17) is 0 Å². The van der Waals surface area contributed by atoms with Gasteiger partial charge in [0.2, 0.25) is 0 Å². The quantitative estimate of drug-likeness (QED) is 0.810. The number of likely N-dealkylation sites (tertiary alicyclic amines) is 1. The summed E-state index contributed by atoms with van der Waals surface area (Å²) in [6.07, 6.45) is 6.15. The van der Waals surface area contributed by atoms with Crippen molar-refractivity contribution in [2.24, 2.45) is 5.41 Å². The number of aromatic amines is 1. The maximum absolute atomic E-state index is 12.8. The molecule has 130 valence electrons. The summed E-state index contributed by atoms with van der Waals surface area (Å²) in [5, 5.41) is 9.41. The smallest absolute Gasteiger partial charge is 0.311 e. The molecule has 6 nitrogen and oxygen atoms in total. The first-order chi connectivity index (χ1) is 11.4. The third-order valence-electron chi connectivity index (χ3n) is 5.32. The molecule has 2 aliphatic rings. The van der Waals surface area contributed by atoms with Crippen molar-refractivity contribution < 1.29 is 14.7 Å². The van der Waals surface area contributed by atoms with E-state index in [1.54, 1.807) is 13.0 Å². The fraction of sp³-hybridized carbons (Fsp3) is 0.611. The van der Waals surface area contributed by atoms with Crippen LogP contribution in [-0.2, 0) is 17.6 Å². The molecule has 1 saturated heterocycles. The van der Waals surface area contributed by atoms with Gasteiger partial charge >= 0.3 is 5.97 Å². The van der Waals surface area contributed by atoms with Gasteiger partial charge in [0.05, 0.1) is 5.41 Å². The van der Waals surface area contributed by atoms with Crippen LogP contribution in [0.5, 0.6) is 0 Å². The summed E-state index contributed by atoms with van der Waals surface area (Å²) in [4.78, 5) is 41.1. The standard InChI is InChI=1S/C18H24N2O4/c1-18(17(23)24)8-5-9-20(11-18)16(22)13-10-12-6-3-2-4-7-14(12)19-15(13)21/h10H,2-9,11H2,1H3,(H,19,21)(H,23,24). The summed E-state index contributed by atoms with van der Waals surface area (Å²) in [5.74, 6) is -1.24. The Bertz CT molecular complexity index is 724. The number of nitrogens with zero attached hydrogens (tertiary/aromatic N) is 1. The van der Waals surface area contributed by atoms with Crippen LogP contribution in [0.2, 0.25) is 0 Å². The highest BCUT2D eigenvalue weighted by molar-refractivity contribution is 5.94. The van der Waals surface area contributed by atoms with Crippen LogP contribution in [0.15, 0.2) is 10.9 Å². The van der Waals surface area contributed by atoms with Crippen LogP contribution in [0, 0.1) is 5.41 Å². The minimum atomic E-state index is -0.938. The Morgan fingerprint density at radius 1 is 1.21 bits per heavy atom. The first kappa shape index (κ1) is 16.7. The molecule has 1 unspecified atom stereocenters. The van der Waals surface area contributed by atoms with Crippen LogP contribution in [0.1, 0.15) is 60.6 Å². The van der Waals surface area contributed by atoms with Crippen molar-refractivity contribution in [1.29, 1.82) is 0 Å². The molecule has 0 aromatic carbocycles. The fourth-order valence-corrected chi connectivity index (χ4v) is 3.77. The molecule has 1 aromatic rings. The van der Waals surface area contributed by atoms with Crippen molar-refractivity contribution >= 4 is 11.9 Å². The van der Waals surface area contributed by atoms with Crippen LogP contribution in [-0.4, -0.2) is 40.0 Å². The van der Waals surface area contributed by atoms with Gasteiger partial charge < -0.3 is 15.0 Å². The Balaban J connectivity index is 1.88. The van der Waals surface area contributed by atoms with Gasteiger partial charge in [-0.25, -0.2) is 0 Å². The van der Waals surface area contributed by atoms with Crippen molar-refractivity contribution in [3.63, 3.8) is 0 Å². The Kier molecular flexibility index (Phi) is 4.47. The zero-order chi connectivity index (χ0) is 17.3. The number of carbonyl (C=O) groups excluding carboxylic acids is 1. The van der Waals surface area contributed by atoms with E-state index >= 15 is 0 Å². The maximum atomic E-state index is 12.8. The third-order valence-corrected chi connectivity index (χ3v) is 5.32. The molecule has 6 heteroatoms. The highest BCUT2D eigenvalue weighted by Gasteiger charge is 2.40. The van der Waals surface area contributed by atoms with Crippen LogP contribution >= 0.6 is 0 Å². The summed E-state index contributed by atoms with van der Waals surface area (Å²) in [6, 6.07) is 1.73. The molecule has 0 saturated carbocycles. The molecule has 1 amide bonds. The Morgan fingerprint density at radius 2 is 1.96 bits per heavy atom. The molecule has 0 spiro atoms. The van der Waals surface area contributed by atoms with Gasteiger partial charge in [0.1, 0.15) is 5.56 Å². The molecule has 1 atom stereocenters. The lowest BCUT2D eigenvalue weighted by molar-refractivity contribution is -0.150. The van der Waals surface area contributed by atoms with Gasteiger partial charge in [0, 0.05) is 18.8 Å². The van der Waals surface area contributed by atoms with Crippen LogP contribution < -0.4 is 5.56 Å². The van der Waals surface area contributed by atoms with E-state index in [0.29, 0.717) is 19.4 Å². The van der Waals surface area contributed by atoms with Gasteiger partial charge in [0.25, 0.3) is 11.5 Å². The number of pyridine rings is 1. The first-order valence-electron chi connectivity index (χ1n) is 8.68. The van der Waals surface area contributed by atoms with E-state index < -0.39 is 11.4 Å². The number of rotatable bonds is 2. The number of aliphatic carboxylic acids is 1. The topological polar surface area (TPSA) is 90.5 Å². The zero-order valence-electron chi connectivity index (χ0n) is 14.1. The number of nitrogens with one attached hydrogen (secondary N) is 1. The van der Waals surface area contributed by atoms with Gasteiger partial charge in [-0.3, -0.25) is 14.4 Å². The minimum absolute atomic E-state index is 0.144. The molecule has 24 heavy (non-hydrogen) atoms. The van der Waals surface area contributed by atoms with Crippen molar-refractivity contribution in [3.8, 4) is 0 Å². The molecule has 1 fully saturated rings. The maximum Gasteiger partial charge on any atom is 0.311 e. The molecular weight excluding hydrogens is 308 g/mol. The number of piperidine rings is 1. The largest absolute Gasteiger partial charge is 0.481 e. The number of carboxylic acid groups (broad SMARTS) is 1. The van der Waals surface area contributed by atoms with Crippen LogP contribution in [0.25, 0.3) is 0 Å². The number of aryl methyl sites for hydroxylation is 2. The second-order valence-electron chi connectivity index (χ2n) is 7.27. The number of carbonyl (C=O) groups is 2. The monoisotopic (exact) mass is 332 g/mol. The number of amides is 1. The van der Waals surface area contributed by atoms with E-state index in [1.165, 1.54) is 4.90 Å². The molecule has 1 aliphatic heterocycles. The normalized spacial score (nSPS) is 24.1. The minimum Gasteiger partial charge on any atom is -0.481 e. The number of hydrogen-bond donors (Lipinski definition) is 2. The Morgan fingerprint density at radius 3 is 2.71 bits per heavy atom. The van der Waals surface area contributed by atoms with Crippen molar-refractivity contribution in [2.45, 2.75) is 51.9 Å². The van der Waals surface area contributed by atoms with Gasteiger partial charge in [-0.05, 0) is 57.1 Å². The SMILES string of the molecule is CC1(C(=O)O)CCCN(C(=O)c2cc3c([nH]c2=O)CCCCC3)C1. The molecular formula is C18H24N2O4. The zero-order valence-corrected chi connectivity index (χ0v) is 14.1. The molecule has 2 N–H and O–H groups in total. The van der Waals surface area contributed by atoms with E-state index in [0.717, 1.165) is 43.4 Å². The number of aromatic nitrogens is 1. The van der Waals surface area contributed by atoms with E-state index in [9.17, 15) is 19.5 Å². The summed E-state index contributed by atoms with van der Waals surface area (Å²) >= 11 is 0. The van der Waals surface area contributed by atoms with Crippen molar-refractivity contribution in [3.05, 3.63) is 33.2 Å². The molecule has 3 rings (SSSR count). The van der Waals surface area contributed by atoms with Gasteiger partial charge in [-0.2, -0.15) is 0 Å². The lowest BCUT2D eigenvalue weighted by atomic mass is 9.82. The highest BCUT2D eigenvalue weighted by atomic mass is 16.4. The highest BCUT2D eigenvalue weighted by Crippen LogP contribution is 2.30. The van der Waals surface area contributed by atoms with E-state index in [1.807, 2.05) is 0 Å². The summed E-state index contributed by atoms with van der Waals surface area (Å²) in [7, 11) is 0. The second-order valence-corrected chi connectivity index (χ2v) is 7.27. The average molecular weight is 332 g/mol. The lowest BCUT2D eigenvalue weighted by Gasteiger charge is -2.37. The average Bonchev–Trinajstić information content (AvgIpc) is 2.78. The lowest BCUT2D eigenvalue weighted by Crippen LogP contribution is -2.49. The van der Waals surface area contributed by atoms with Crippen molar-refractivity contribution in [2.75, 3.05) is 13.1 Å².